The minimum atomic E-state index is -0.0291. The van der Waals surface area contributed by atoms with Gasteiger partial charge in [0, 0.05) is 63.0 Å². The summed E-state index contributed by atoms with van der Waals surface area (Å²) in [5, 5.41) is 13.7. The molecule has 1 aromatic heterocycles. The van der Waals surface area contributed by atoms with Gasteiger partial charge in [-0.25, -0.2) is 4.79 Å². The maximum Gasteiger partial charge on any atom is 0.317 e. The van der Waals surface area contributed by atoms with E-state index in [4.69, 9.17) is 0 Å². The molecule has 3 N–H and O–H groups in total. The number of amides is 3. The molecule has 0 radical (unpaired) electrons. The third kappa shape index (κ3) is 3.56. The Hall–Kier alpha value is -2.09. The van der Waals surface area contributed by atoms with Gasteiger partial charge in [0.15, 0.2) is 5.69 Å². The molecule has 0 aromatic carbocycles. The van der Waals surface area contributed by atoms with E-state index in [0.29, 0.717) is 44.5 Å². The zero-order valence-electron chi connectivity index (χ0n) is 15.2. The molecule has 142 valence electrons. The number of carbonyl (C=O) groups excluding carboxylic acids is 2. The molecular weight excluding hydrogens is 332 g/mol. The molecule has 1 aromatic rings. The minimum absolute atomic E-state index is 0.0188. The summed E-state index contributed by atoms with van der Waals surface area (Å²) in [6.45, 7) is 3.89. The number of piperazine rings is 1. The number of urea groups is 1. The van der Waals surface area contributed by atoms with E-state index in [0.717, 1.165) is 37.1 Å². The van der Waals surface area contributed by atoms with Crippen LogP contribution in [-0.2, 0) is 13.0 Å². The molecule has 1 saturated heterocycles. The van der Waals surface area contributed by atoms with E-state index in [1.54, 1.807) is 0 Å². The van der Waals surface area contributed by atoms with Crippen LogP contribution >= 0.6 is 0 Å². The fourth-order valence-electron chi connectivity index (χ4n) is 4.18. The van der Waals surface area contributed by atoms with Crippen LogP contribution < -0.4 is 10.6 Å². The van der Waals surface area contributed by atoms with Gasteiger partial charge in [-0.3, -0.25) is 9.89 Å². The van der Waals surface area contributed by atoms with Crippen LogP contribution in [0.25, 0.3) is 0 Å². The van der Waals surface area contributed by atoms with Crippen LogP contribution in [0.15, 0.2) is 0 Å². The van der Waals surface area contributed by atoms with Crippen LogP contribution in [0.1, 0.15) is 53.8 Å². The lowest BCUT2D eigenvalue weighted by Crippen LogP contribution is -2.54. The van der Waals surface area contributed by atoms with Gasteiger partial charge in [0.25, 0.3) is 5.91 Å². The first kappa shape index (κ1) is 17.3. The second-order valence-corrected chi connectivity index (χ2v) is 7.52. The molecule has 1 saturated carbocycles. The molecule has 0 bridgehead atoms. The molecule has 3 aliphatic rings. The molecule has 3 heterocycles. The molecule has 8 nitrogen and oxygen atoms in total. The SMILES string of the molecule is O=C(NC1CCCCC1)N1CCN(C(=O)c2n[nH]c3c2CNCC3)CC1. The minimum Gasteiger partial charge on any atom is -0.335 e. The van der Waals surface area contributed by atoms with E-state index in [9.17, 15) is 9.59 Å². The van der Waals surface area contributed by atoms with Crippen LogP contribution in [-0.4, -0.2) is 70.7 Å². The Bertz CT molecular complexity index is 659. The van der Waals surface area contributed by atoms with Crippen molar-refractivity contribution in [3.63, 3.8) is 0 Å². The van der Waals surface area contributed by atoms with E-state index >= 15 is 0 Å². The Morgan fingerprint density at radius 3 is 2.54 bits per heavy atom. The number of hydrogen-bond donors (Lipinski definition) is 3. The van der Waals surface area contributed by atoms with Gasteiger partial charge in [-0.1, -0.05) is 19.3 Å². The summed E-state index contributed by atoms with van der Waals surface area (Å²) in [5.41, 5.74) is 2.60. The van der Waals surface area contributed by atoms with Crippen LogP contribution in [0, 0.1) is 0 Å². The molecule has 26 heavy (non-hydrogen) atoms. The first-order valence-electron chi connectivity index (χ1n) is 9.84. The van der Waals surface area contributed by atoms with Crippen molar-refractivity contribution < 1.29 is 9.59 Å². The predicted molar refractivity (Wildman–Crippen MR) is 96.9 cm³/mol. The smallest absolute Gasteiger partial charge is 0.317 e. The van der Waals surface area contributed by atoms with Crippen molar-refractivity contribution in [2.75, 3.05) is 32.7 Å². The molecule has 2 aliphatic heterocycles. The van der Waals surface area contributed by atoms with Gasteiger partial charge in [-0.05, 0) is 12.8 Å². The number of fused-ring (bicyclic) bond motifs is 1. The Morgan fingerprint density at radius 1 is 1.04 bits per heavy atom. The molecular formula is C18H28N6O2. The maximum atomic E-state index is 12.8. The van der Waals surface area contributed by atoms with Crippen LogP contribution in [0.5, 0.6) is 0 Å². The largest absolute Gasteiger partial charge is 0.335 e. The van der Waals surface area contributed by atoms with Crippen molar-refractivity contribution in [2.24, 2.45) is 0 Å². The van der Waals surface area contributed by atoms with Crippen molar-refractivity contribution in [3.8, 4) is 0 Å². The number of nitrogens with one attached hydrogen (secondary N) is 3. The molecule has 3 amide bonds. The fourth-order valence-corrected chi connectivity index (χ4v) is 4.18. The lowest BCUT2D eigenvalue weighted by atomic mass is 9.96. The normalized spacial score (nSPS) is 21.4. The molecule has 0 spiro atoms. The lowest BCUT2D eigenvalue weighted by molar-refractivity contribution is 0.0655. The number of aromatic amines is 1. The number of hydrogen-bond acceptors (Lipinski definition) is 4. The first-order chi connectivity index (χ1) is 12.7. The van der Waals surface area contributed by atoms with Gasteiger partial charge in [-0.15, -0.1) is 0 Å². The van der Waals surface area contributed by atoms with Gasteiger partial charge in [-0.2, -0.15) is 5.10 Å². The van der Waals surface area contributed by atoms with Crippen molar-refractivity contribution in [3.05, 3.63) is 17.0 Å². The van der Waals surface area contributed by atoms with Crippen molar-refractivity contribution >= 4 is 11.9 Å². The second kappa shape index (κ2) is 7.65. The standard InChI is InChI=1S/C18H28N6O2/c25-17(16-14-12-19-7-6-15(14)21-22-16)23-8-10-24(11-9-23)18(26)20-13-4-2-1-3-5-13/h13,19H,1-12H2,(H,20,26)(H,21,22). The average molecular weight is 360 g/mol. The van der Waals surface area contributed by atoms with E-state index in [1.807, 2.05) is 9.80 Å². The first-order valence-corrected chi connectivity index (χ1v) is 9.84. The highest BCUT2D eigenvalue weighted by atomic mass is 16.2. The lowest BCUT2D eigenvalue weighted by Gasteiger charge is -2.36. The van der Waals surface area contributed by atoms with E-state index in [-0.39, 0.29) is 11.9 Å². The van der Waals surface area contributed by atoms with Gasteiger partial charge >= 0.3 is 6.03 Å². The number of nitrogens with zero attached hydrogens (tertiary/aromatic N) is 3. The number of H-pyrrole nitrogens is 1. The Morgan fingerprint density at radius 2 is 1.77 bits per heavy atom. The van der Waals surface area contributed by atoms with Crippen molar-refractivity contribution in [1.82, 2.24) is 30.6 Å². The average Bonchev–Trinajstić information content (AvgIpc) is 3.12. The summed E-state index contributed by atoms with van der Waals surface area (Å²) in [6, 6.07) is 0.337. The highest BCUT2D eigenvalue weighted by molar-refractivity contribution is 5.94. The Balaban J connectivity index is 1.31. The summed E-state index contributed by atoms with van der Waals surface area (Å²) >= 11 is 0. The number of aromatic nitrogens is 2. The number of rotatable bonds is 2. The van der Waals surface area contributed by atoms with E-state index < -0.39 is 0 Å². The summed E-state index contributed by atoms with van der Waals surface area (Å²) < 4.78 is 0. The summed E-state index contributed by atoms with van der Waals surface area (Å²) in [6.07, 6.45) is 6.74. The predicted octanol–water partition coefficient (Wildman–Crippen LogP) is 0.856. The van der Waals surface area contributed by atoms with E-state index in [2.05, 4.69) is 20.8 Å². The zero-order chi connectivity index (χ0) is 17.9. The van der Waals surface area contributed by atoms with E-state index in [1.165, 1.54) is 19.3 Å². The maximum absolute atomic E-state index is 12.8. The molecule has 0 atom stereocenters. The summed E-state index contributed by atoms with van der Waals surface area (Å²) in [5.74, 6) is -0.0291. The topological polar surface area (TPSA) is 93.4 Å². The molecule has 4 rings (SSSR count). The zero-order valence-corrected chi connectivity index (χ0v) is 15.2. The monoisotopic (exact) mass is 360 g/mol. The van der Waals surface area contributed by atoms with Crippen LogP contribution in [0.2, 0.25) is 0 Å². The third-order valence-corrected chi connectivity index (χ3v) is 5.80. The van der Waals surface area contributed by atoms with Gasteiger partial charge < -0.3 is 20.4 Å². The Kier molecular flexibility index (Phi) is 5.10. The van der Waals surface area contributed by atoms with Crippen LogP contribution in [0.4, 0.5) is 4.79 Å². The summed E-state index contributed by atoms with van der Waals surface area (Å²) in [7, 11) is 0. The highest BCUT2D eigenvalue weighted by Crippen LogP contribution is 2.19. The molecule has 2 fully saturated rings. The van der Waals surface area contributed by atoms with Gasteiger partial charge in [0.2, 0.25) is 0 Å². The third-order valence-electron chi connectivity index (χ3n) is 5.80. The van der Waals surface area contributed by atoms with Gasteiger partial charge in [0.1, 0.15) is 0 Å². The molecule has 0 unspecified atom stereocenters. The quantitative estimate of drug-likeness (QED) is 0.729. The van der Waals surface area contributed by atoms with Crippen molar-refractivity contribution in [2.45, 2.75) is 51.1 Å². The summed E-state index contributed by atoms with van der Waals surface area (Å²) in [4.78, 5) is 28.9. The Labute approximate surface area is 153 Å². The molecule has 8 heteroatoms. The number of carbonyl (C=O) groups is 2. The molecule has 1 aliphatic carbocycles. The van der Waals surface area contributed by atoms with Gasteiger partial charge in [0.05, 0.1) is 0 Å². The van der Waals surface area contributed by atoms with Crippen molar-refractivity contribution in [1.29, 1.82) is 0 Å². The second-order valence-electron chi connectivity index (χ2n) is 7.52. The fraction of sp³-hybridized carbons (Fsp3) is 0.722. The highest BCUT2D eigenvalue weighted by Gasteiger charge is 2.30. The van der Waals surface area contributed by atoms with Crippen LogP contribution in [0.3, 0.4) is 0 Å².